The van der Waals surface area contributed by atoms with E-state index in [2.05, 4.69) is 22.4 Å². The van der Waals surface area contributed by atoms with E-state index in [1.807, 2.05) is 0 Å². The SMILES string of the molecule is CCCNc1nc(CC2CCCO2)no1. The minimum absolute atomic E-state index is 0.279. The molecule has 0 spiro atoms. The molecule has 5 nitrogen and oxygen atoms in total. The van der Waals surface area contributed by atoms with Gasteiger partial charge in [0.15, 0.2) is 5.82 Å². The molecule has 5 heteroatoms. The predicted molar refractivity (Wildman–Crippen MR) is 55.8 cm³/mol. The Labute approximate surface area is 89.2 Å². The summed E-state index contributed by atoms with van der Waals surface area (Å²) >= 11 is 0. The van der Waals surface area contributed by atoms with Crippen LogP contribution in [0.1, 0.15) is 32.0 Å². The largest absolute Gasteiger partial charge is 0.378 e. The molecule has 1 aromatic heterocycles. The van der Waals surface area contributed by atoms with Crippen molar-refractivity contribution < 1.29 is 9.26 Å². The van der Waals surface area contributed by atoms with E-state index in [4.69, 9.17) is 9.26 Å². The second-order valence-corrected chi connectivity index (χ2v) is 3.78. The summed E-state index contributed by atoms with van der Waals surface area (Å²) in [5.74, 6) is 0.737. The summed E-state index contributed by atoms with van der Waals surface area (Å²) in [5.41, 5.74) is 0. The van der Waals surface area contributed by atoms with E-state index in [1.165, 1.54) is 0 Å². The lowest BCUT2D eigenvalue weighted by Gasteiger charge is -2.03. The first-order valence-corrected chi connectivity index (χ1v) is 5.56. The van der Waals surface area contributed by atoms with Gasteiger partial charge in [-0.1, -0.05) is 12.1 Å². The molecule has 1 fully saturated rings. The third kappa shape index (κ3) is 2.92. The third-order valence-corrected chi connectivity index (χ3v) is 2.43. The standard InChI is InChI=1S/C10H17N3O2/c1-2-5-11-10-12-9(13-15-10)7-8-4-3-6-14-8/h8H,2-7H2,1H3,(H,11,12,13). The van der Waals surface area contributed by atoms with Crippen LogP contribution in [0.3, 0.4) is 0 Å². The number of aromatic nitrogens is 2. The highest BCUT2D eigenvalue weighted by atomic mass is 16.5. The summed E-state index contributed by atoms with van der Waals surface area (Å²) < 4.78 is 10.6. The van der Waals surface area contributed by atoms with Crippen LogP contribution in [0, 0.1) is 0 Å². The smallest absolute Gasteiger partial charge is 0.321 e. The van der Waals surface area contributed by atoms with Crippen molar-refractivity contribution in [3.05, 3.63) is 5.82 Å². The molecule has 2 rings (SSSR count). The van der Waals surface area contributed by atoms with E-state index in [-0.39, 0.29) is 6.10 Å². The summed E-state index contributed by atoms with van der Waals surface area (Å²) in [6, 6.07) is 0.518. The minimum Gasteiger partial charge on any atom is -0.378 e. The van der Waals surface area contributed by atoms with Crippen molar-refractivity contribution in [3.63, 3.8) is 0 Å². The molecule has 0 radical (unpaired) electrons. The Bertz CT molecular complexity index is 295. The number of nitrogens with zero attached hydrogens (tertiary/aromatic N) is 2. The lowest BCUT2D eigenvalue weighted by Crippen LogP contribution is -2.10. The molecule has 84 valence electrons. The molecular formula is C10H17N3O2. The van der Waals surface area contributed by atoms with Gasteiger partial charge in [0.05, 0.1) is 6.10 Å². The van der Waals surface area contributed by atoms with Crippen molar-refractivity contribution in [3.8, 4) is 0 Å². The fraction of sp³-hybridized carbons (Fsp3) is 0.800. The second-order valence-electron chi connectivity index (χ2n) is 3.78. The predicted octanol–water partition coefficient (Wildman–Crippen LogP) is 1.61. The van der Waals surface area contributed by atoms with E-state index < -0.39 is 0 Å². The molecule has 1 unspecified atom stereocenters. The molecular weight excluding hydrogens is 194 g/mol. The lowest BCUT2D eigenvalue weighted by molar-refractivity contribution is 0.109. The first-order chi connectivity index (χ1) is 7.38. The molecule has 15 heavy (non-hydrogen) atoms. The van der Waals surface area contributed by atoms with Crippen LogP contribution in [0.15, 0.2) is 4.52 Å². The van der Waals surface area contributed by atoms with Crippen LogP contribution < -0.4 is 5.32 Å². The van der Waals surface area contributed by atoms with Gasteiger partial charge in [-0.2, -0.15) is 4.98 Å². The van der Waals surface area contributed by atoms with Crippen LogP contribution in [-0.2, 0) is 11.2 Å². The molecule has 2 heterocycles. The van der Waals surface area contributed by atoms with Gasteiger partial charge in [0.1, 0.15) is 0 Å². The average molecular weight is 211 g/mol. The van der Waals surface area contributed by atoms with Crippen LogP contribution in [0.4, 0.5) is 6.01 Å². The lowest BCUT2D eigenvalue weighted by atomic mass is 10.2. The molecule has 1 aromatic rings. The maximum absolute atomic E-state index is 5.51. The van der Waals surface area contributed by atoms with Crippen LogP contribution >= 0.6 is 0 Å². The highest BCUT2D eigenvalue weighted by Crippen LogP contribution is 2.16. The molecule has 0 amide bonds. The summed E-state index contributed by atoms with van der Waals surface area (Å²) in [6.45, 7) is 3.82. The second kappa shape index (κ2) is 5.11. The Morgan fingerprint density at radius 3 is 3.20 bits per heavy atom. The highest BCUT2D eigenvalue weighted by molar-refractivity contribution is 5.17. The first-order valence-electron chi connectivity index (χ1n) is 5.56. The Balaban J connectivity index is 1.83. The summed E-state index contributed by atoms with van der Waals surface area (Å²) in [6.07, 6.45) is 4.33. The van der Waals surface area contributed by atoms with Crippen LogP contribution in [0.2, 0.25) is 0 Å². The first kappa shape index (κ1) is 10.4. The van der Waals surface area contributed by atoms with E-state index >= 15 is 0 Å². The molecule has 1 atom stereocenters. The van der Waals surface area contributed by atoms with E-state index in [0.717, 1.165) is 44.7 Å². The average Bonchev–Trinajstić information content (AvgIpc) is 2.87. The van der Waals surface area contributed by atoms with E-state index in [9.17, 15) is 0 Å². The van der Waals surface area contributed by atoms with Crippen molar-refractivity contribution in [2.75, 3.05) is 18.5 Å². The monoisotopic (exact) mass is 211 g/mol. The van der Waals surface area contributed by atoms with Gasteiger partial charge in [0.25, 0.3) is 0 Å². The van der Waals surface area contributed by atoms with E-state index in [0.29, 0.717) is 6.01 Å². The summed E-state index contributed by atoms with van der Waals surface area (Å²) in [7, 11) is 0. The van der Waals surface area contributed by atoms with Gasteiger partial charge in [0, 0.05) is 19.6 Å². The number of ether oxygens (including phenoxy) is 1. The van der Waals surface area contributed by atoms with Crippen molar-refractivity contribution in [1.82, 2.24) is 10.1 Å². The molecule has 0 bridgehead atoms. The van der Waals surface area contributed by atoms with E-state index in [1.54, 1.807) is 0 Å². The summed E-state index contributed by atoms with van der Waals surface area (Å²) in [4.78, 5) is 4.24. The van der Waals surface area contributed by atoms with Crippen molar-refractivity contribution >= 4 is 6.01 Å². The number of hydrogen-bond donors (Lipinski definition) is 1. The number of anilines is 1. The molecule has 1 N–H and O–H groups in total. The zero-order valence-corrected chi connectivity index (χ0v) is 9.03. The van der Waals surface area contributed by atoms with Gasteiger partial charge < -0.3 is 14.6 Å². The van der Waals surface area contributed by atoms with Gasteiger partial charge in [-0.05, 0) is 19.3 Å². The van der Waals surface area contributed by atoms with Crippen molar-refractivity contribution in [2.45, 2.75) is 38.7 Å². The normalized spacial score (nSPS) is 20.7. The number of hydrogen-bond acceptors (Lipinski definition) is 5. The molecule has 0 aliphatic carbocycles. The molecule has 0 saturated carbocycles. The third-order valence-electron chi connectivity index (χ3n) is 2.43. The van der Waals surface area contributed by atoms with Gasteiger partial charge in [0.2, 0.25) is 0 Å². The van der Waals surface area contributed by atoms with Gasteiger partial charge >= 0.3 is 6.01 Å². The Hall–Kier alpha value is -1.10. The van der Waals surface area contributed by atoms with Crippen LogP contribution in [0.25, 0.3) is 0 Å². The topological polar surface area (TPSA) is 60.2 Å². The molecule has 0 aromatic carbocycles. The number of rotatable bonds is 5. The van der Waals surface area contributed by atoms with Gasteiger partial charge in [-0.15, -0.1) is 0 Å². The van der Waals surface area contributed by atoms with Crippen molar-refractivity contribution in [2.24, 2.45) is 0 Å². The maximum atomic E-state index is 5.51. The molecule has 1 aliphatic rings. The van der Waals surface area contributed by atoms with Crippen LogP contribution in [0.5, 0.6) is 0 Å². The zero-order chi connectivity index (χ0) is 10.5. The Kier molecular flexibility index (Phi) is 3.55. The summed E-state index contributed by atoms with van der Waals surface area (Å²) in [5, 5.41) is 6.96. The van der Waals surface area contributed by atoms with Crippen molar-refractivity contribution in [1.29, 1.82) is 0 Å². The molecule has 1 aliphatic heterocycles. The fourth-order valence-electron chi connectivity index (χ4n) is 1.65. The van der Waals surface area contributed by atoms with Gasteiger partial charge in [-0.25, -0.2) is 0 Å². The van der Waals surface area contributed by atoms with Crippen LogP contribution in [-0.4, -0.2) is 29.4 Å². The highest BCUT2D eigenvalue weighted by Gasteiger charge is 2.18. The minimum atomic E-state index is 0.279. The fourth-order valence-corrected chi connectivity index (χ4v) is 1.65. The number of nitrogens with one attached hydrogen (secondary N) is 1. The quantitative estimate of drug-likeness (QED) is 0.801. The van der Waals surface area contributed by atoms with Gasteiger partial charge in [-0.3, -0.25) is 0 Å². The maximum Gasteiger partial charge on any atom is 0.321 e. The zero-order valence-electron chi connectivity index (χ0n) is 9.03. The Morgan fingerprint density at radius 2 is 2.47 bits per heavy atom. The molecule has 1 saturated heterocycles. The Morgan fingerprint density at radius 1 is 1.53 bits per heavy atom.